The summed E-state index contributed by atoms with van der Waals surface area (Å²) in [4.78, 5) is 20.1. The van der Waals surface area contributed by atoms with Crippen molar-refractivity contribution in [1.82, 2.24) is 0 Å². The number of nitro benzene ring substituents is 1. The summed E-state index contributed by atoms with van der Waals surface area (Å²) in [5.41, 5.74) is -0.673. The highest BCUT2D eigenvalue weighted by atomic mass is 32.2. The molecule has 0 bridgehead atoms. The minimum atomic E-state index is -4.13. The summed E-state index contributed by atoms with van der Waals surface area (Å²) in [5, 5.41) is 28.8. The molecule has 2 rings (SSSR count). The highest BCUT2D eigenvalue weighted by Gasteiger charge is 2.21. The van der Waals surface area contributed by atoms with Crippen molar-refractivity contribution in [2.75, 3.05) is 4.72 Å². The van der Waals surface area contributed by atoms with Crippen LogP contribution in [-0.4, -0.2) is 29.5 Å². The molecule has 0 radical (unpaired) electrons. The fourth-order valence-corrected chi connectivity index (χ4v) is 2.79. The summed E-state index contributed by atoms with van der Waals surface area (Å²) in [7, 11) is -4.13. The Hall–Kier alpha value is -3.14. The van der Waals surface area contributed by atoms with Crippen LogP contribution in [0.1, 0.15) is 10.4 Å². The average Bonchev–Trinajstić information content (AvgIpc) is 2.47. The van der Waals surface area contributed by atoms with Crippen LogP contribution in [0.2, 0.25) is 0 Å². The van der Waals surface area contributed by atoms with E-state index < -0.39 is 37.2 Å². The van der Waals surface area contributed by atoms with Crippen molar-refractivity contribution in [1.29, 1.82) is 0 Å². The molecule has 10 heteroatoms. The van der Waals surface area contributed by atoms with Gasteiger partial charge in [0.2, 0.25) is 0 Å². The lowest BCUT2D eigenvalue weighted by Gasteiger charge is -2.08. The molecule has 0 fully saturated rings. The van der Waals surface area contributed by atoms with Crippen LogP contribution in [0.25, 0.3) is 0 Å². The zero-order valence-electron chi connectivity index (χ0n) is 11.3. The predicted molar refractivity (Wildman–Crippen MR) is 79.0 cm³/mol. The highest BCUT2D eigenvalue weighted by Crippen LogP contribution is 2.29. The zero-order chi connectivity index (χ0) is 17.2. The number of nitrogens with one attached hydrogen (secondary N) is 1. The number of phenolic OH excluding ortho intramolecular Hbond substituents is 1. The molecule has 0 aromatic heterocycles. The van der Waals surface area contributed by atoms with E-state index in [1.54, 1.807) is 0 Å². The van der Waals surface area contributed by atoms with Gasteiger partial charge in [-0.05, 0) is 36.4 Å². The molecule has 9 nitrogen and oxygen atoms in total. The van der Waals surface area contributed by atoms with Crippen LogP contribution in [0.3, 0.4) is 0 Å². The lowest BCUT2D eigenvalue weighted by atomic mass is 10.2. The van der Waals surface area contributed by atoms with E-state index in [1.807, 2.05) is 0 Å². The molecule has 0 aliphatic carbocycles. The third-order valence-corrected chi connectivity index (χ3v) is 4.22. The van der Waals surface area contributed by atoms with Gasteiger partial charge in [0.15, 0.2) is 5.75 Å². The summed E-state index contributed by atoms with van der Waals surface area (Å²) < 4.78 is 26.5. The lowest BCUT2D eigenvalue weighted by molar-refractivity contribution is -0.386. The molecule has 0 saturated carbocycles. The quantitative estimate of drug-likeness (QED) is 0.556. The van der Waals surface area contributed by atoms with Crippen LogP contribution in [0, 0.1) is 10.1 Å². The fraction of sp³-hybridized carbons (Fsp3) is 0. The number of carboxylic acid groups (broad SMARTS) is 1. The van der Waals surface area contributed by atoms with Crippen LogP contribution < -0.4 is 4.72 Å². The molecule has 23 heavy (non-hydrogen) atoms. The molecule has 2 aromatic carbocycles. The number of benzene rings is 2. The molecule has 0 unspecified atom stereocenters. The minimum absolute atomic E-state index is 0.0202. The predicted octanol–water partition coefficient (Wildman–Crippen LogP) is 1.80. The summed E-state index contributed by atoms with van der Waals surface area (Å²) in [5.74, 6) is -1.81. The minimum Gasteiger partial charge on any atom is -0.502 e. The number of aromatic carboxylic acids is 1. The number of sulfonamides is 1. The Morgan fingerprint density at radius 2 is 1.74 bits per heavy atom. The number of aromatic hydroxyl groups is 1. The smallest absolute Gasteiger partial charge is 0.335 e. The van der Waals surface area contributed by atoms with Gasteiger partial charge in [-0.3, -0.25) is 14.8 Å². The standard InChI is InChI=1S/C13H10N2O7S/c16-12-6-5-10(7-11(12)15(19)20)23(21,22)14-9-3-1-8(2-4-9)13(17)18/h1-7,14,16H,(H,17,18). The monoisotopic (exact) mass is 338 g/mol. The lowest BCUT2D eigenvalue weighted by Crippen LogP contribution is -2.13. The summed E-state index contributed by atoms with van der Waals surface area (Å²) >= 11 is 0. The molecule has 3 N–H and O–H groups in total. The van der Waals surface area contributed by atoms with Crippen LogP contribution in [0.4, 0.5) is 11.4 Å². The van der Waals surface area contributed by atoms with Gasteiger partial charge in [-0.25, -0.2) is 13.2 Å². The Kier molecular flexibility index (Phi) is 4.18. The third-order valence-electron chi connectivity index (χ3n) is 2.84. The first kappa shape index (κ1) is 16.2. The van der Waals surface area contributed by atoms with E-state index in [2.05, 4.69) is 4.72 Å². The molecule has 0 saturated heterocycles. The van der Waals surface area contributed by atoms with Gasteiger partial charge in [0.25, 0.3) is 10.0 Å². The van der Waals surface area contributed by atoms with E-state index in [0.29, 0.717) is 0 Å². The number of anilines is 1. The van der Waals surface area contributed by atoms with Crippen molar-refractivity contribution in [2.45, 2.75) is 4.90 Å². The Morgan fingerprint density at radius 1 is 1.13 bits per heavy atom. The average molecular weight is 338 g/mol. The van der Waals surface area contributed by atoms with Crippen molar-refractivity contribution < 1.29 is 28.3 Å². The number of phenols is 1. The van der Waals surface area contributed by atoms with E-state index in [1.165, 1.54) is 24.3 Å². The van der Waals surface area contributed by atoms with Gasteiger partial charge >= 0.3 is 11.7 Å². The Bertz CT molecular complexity index is 876. The van der Waals surface area contributed by atoms with Gasteiger partial charge in [-0.1, -0.05) is 0 Å². The molecule has 0 heterocycles. The first-order valence-electron chi connectivity index (χ1n) is 6.04. The van der Waals surface area contributed by atoms with E-state index in [0.717, 1.165) is 18.2 Å². The molecule has 0 aliphatic heterocycles. The van der Waals surface area contributed by atoms with Crippen molar-refractivity contribution in [3.8, 4) is 5.75 Å². The van der Waals surface area contributed by atoms with Gasteiger partial charge in [0.1, 0.15) is 0 Å². The van der Waals surface area contributed by atoms with Crippen LogP contribution in [0.5, 0.6) is 5.75 Å². The second-order valence-corrected chi connectivity index (χ2v) is 6.08. The number of carbonyl (C=O) groups is 1. The molecule has 0 aliphatic rings. The maximum absolute atomic E-state index is 12.2. The van der Waals surface area contributed by atoms with E-state index in [4.69, 9.17) is 5.11 Å². The fourth-order valence-electron chi connectivity index (χ4n) is 1.71. The number of nitrogens with zero attached hydrogens (tertiary/aromatic N) is 1. The summed E-state index contributed by atoms with van der Waals surface area (Å²) in [6, 6.07) is 7.55. The Morgan fingerprint density at radius 3 is 2.26 bits per heavy atom. The van der Waals surface area contributed by atoms with E-state index >= 15 is 0 Å². The van der Waals surface area contributed by atoms with Crippen LogP contribution >= 0.6 is 0 Å². The molecular formula is C13H10N2O7S. The second kappa shape index (κ2) is 5.93. The molecule has 120 valence electrons. The van der Waals surface area contributed by atoms with Gasteiger partial charge in [-0.2, -0.15) is 0 Å². The number of rotatable bonds is 5. The molecule has 0 amide bonds. The normalized spacial score (nSPS) is 11.0. The second-order valence-electron chi connectivity index (χ2n) is 4.40. The largest absolute Gasteiger partial charge is 0.502 e. The maximum atomic E-state index is 12.2. The first-order valence-corrected chi connectivity index (χ1v) is 7.52. The molecule has 0 spiro atoms. The molecule has 0 atom stereocenters. The molecular weight excluding hydrogens is 328 g/mol. The highest BCUT2D eigenvalue weighted by molar-refractivity contribution is 7.92. The first-order chi connectivity index (χ1) is 10.7. The number of nitro groups is 1. The third kappa shape index (κ3) is 3.55. The molecule has 2 aromatic rings. The number of hydrogen-bond donors (Lipinski definition) is 3. The van der Waals surface area contributed by atoms with Gasteiger partial charge in [-0.15, -0.1) is 0 Å². The van der Waals surface area contributed by atoms with Crippen LogP contribution in [0.15, 0.2) is 47.4 Å². The Balaban J connectivity index is 2.33. The summed E-state index contributed by atoms with van der Waals surface area (Å²) in [6.07, 6.45) is 0. The van der Waals surface area contributed by atoms with Crippen LogP contribution in [-0.2, 0) is 10.0 Å². The SMILES string of the molecule is O=C(O)c1ccc(NS(=O)(=O)c2ccc(O)c([N+](=O)[O-])c2)cc1. The van der Waals surface area contributed by atoms with Crippen molar-refractivity contribution in [3.63, 3.8) is 0 Å². The van der Waals surface area contributed by atoms with E-state index in [-0.39, 0.29) is 11.3 Å². The van der Waals surface area contributed by atoms with Gasteiger partial charge in [0, 0.05) is 11.8 Å². The number of hydrogen-bond acceptors (Lipinski definition) is 6. The Labute approximate surface area is 130 Å². The number of carboxylic acids is 1. The summed E-state index contributed by atoms with van der Waals surface area (Å²) in [6.45, 7) is 0. The van der Waals surface area contributed by atoms with Gasteiger partial charge in [0.05, 0.1) is 15.4 Å². The van der Waals surface area contributed by atoms with Gasteiger partial charge < -0.3 is 10.2 Å². The van der Waals surface area contributed by atoms with E-state index in [9.17, 15) is 28.4 Å². The maximum Gasteiger partial charge on any atom is 0.335 e. The van der Waals surface area contributed by atoms with Crippen molar-refractivity contribution in [3.05, 3.63) is 58.1 Å². The van der Waals surface area contributed by atoms with Crippen molar-refractivity contribution >= 4 is 27.4 Å². The van der Waals surface area contributed by atoms with Crippen molar-refractivity contribution in [2.24, 2.45) is 0 Å². The zero-order valence-corrected chi connectivity index (χ0v) is 12.1. The topological polar surface area (TPSA) is 147 Å².